The lowest BCUT2D eigenvalue weighted by atomic mass is 9.75. The molecule has 3 amide bonds. The summed E-state index contributed by atoms with van der Waals surface area (Å²) in [6.45, 7) is 10.1. The van der Waals surface area contributed by atoms with Crippen LogP contribution in [0.15, 0.2) is 40.9 Å². The quantitative estimate of drug-likeness (QED) is 0.355. The van der Waals surface area contributed by atoms with Crippen molar-refractivity contribution in [2.75, 3.05) is 13.1 Å². The molecule has 0 aliphatic carbocycles. The molecule has 0 bridgehead atoms. The lowest BCUT2D eigenvalue weighted by Crippen LogP contribution is -2.51. The van der Waals surface area contributed by atoms with Crippen LogP contribution in [-0.4, -0.2) is 61.6 Å². The van der Waals surface area contributed by atoms with Gasteiger partial charge in [-0.15, -0.1) is 10.2 Å². The van der Waals surface area contributed by atoms with E-state index in [1.54, 1.807) is 30.9 Å². The van der Waals surface area contributed by atoms with Crippen LogP contribution in [0.2, 0.25) is 0 Å². The molecule has 2 aliphatic heterocycles. The van der Waals surface area contributed by atoms with Crippen LogP contribution in [0.25, 0.3) is 11.5 Å². The lowest BCUT2D eigenvalue weighted by Gasteiger charge is -2.38. The van der Waals surface area contributed by atoms with E-state index >= 15 is 0 Å². The van der Waals surface area contributed by atoms with Gasteiger partial charge in [0, 0.05) is 24.8 Å². The van der Waals surface area contributed by atoms with Crippen molar-refractivity contribution in [3.8, 4) is 11.5 Å². The number of halogens is 2. The number of likely N-dealkylation sites (tertiary alicyclic amines) is 1. The molecule has 2 aliphatic rings. The molecule has 0 unspecified atom stereocenters. The zero-order chi connectivity index (χ0) is 30.4. The normalized spacial score (nSPS) is 17.5. The fourth-order valence-electron chi connectivity index (χ4n) is 5.34. The van der Waals surface area contributed by atoms with Crippen molar-refractivity contribution < 1.29 is 32.3 Å². The van der Waals surface area contributed by atoms with Crippen molar-refractivity contribution in [2.24, 2.45) is 0 Å². The molecule has 2 aromatic heterocycles. The highest BCUT2D eigenvalue weighted by Crippen LogP contribution is 2.38. The number of fused-ring (bicyclic) bond motifs is 1. The number of amides is 3. The van der Waals surface area contributed by atoms with Crippen LogP contribution in [0.3, 0.4) is 0 Å². The van der Waals surface area contributed by atoms with E-state index in [-0.39, 0.29) is 30.4 Å². The maximum absolute atomic E-state index is 13.7. The van der Waals surface area contributed by atoms with Crippen LogP contribution < -0.4 is 0 Å². The highest BCUT2D eigenvalue weighted by Gasteiger charge is 2.45. The number of hydrogen-bond donors (Lipinski definition) is 0. The highest BCUT2D eigenvalue weighted by atomic mass is 19.3. The topological polar surface area (TPSA) is 119 Å². The Morgan fingerprint density at radius 2 is 1.83 bits per heavy atom. The van der Waals surface area contributed by atoms with Crippen molar-refractivity contribution in [1.82, 2.24) is 25.0 Å². The number of benzene rings is 1. The molecule has 0 N–H and O–H groups in total. The highest BCUT2D eigenvalue weighted by molar-refractivity contribution is 6.12. The number of carbonyl (C=O) groups is 3. The first-order valence-electron chi connectivity index (χ1n) is 13.8. The summed E-state index contributed by atoms with van der Waals surface area (Å²) in [4.78, 5) is 46.9. The number of ether oxygens (including phenoxy) is 1. The molecule has 1 aromatic carbocycles. The summed E-state index contributed by atoms with van der Waals surface area (Å²) in [7, 11) is 0. The van der Waals surface area contributed by atoms with Gasteiger partial charge in [0.25, 0.3) is 11.8 Å². The molecule has 4 heterocycles. The van der Waals surface area contributed by atoms with Gasteiger partial charge in [-0.05, 0) is 82.7 Å². The zero-order valence-electron chi connectivity index (χ0n) is 24.2. The van der Waals surface area contributed by atoms with E-state index in [1.807, 2.05) is 39.0 Å². The minimum Gasteiger partial charge on any atom is -0.444 e. The Morgan fingerprint density at radius 3 is 2.43 bits per heavy atom. The zero-order valence-corrected chi connectivity index (χ0v) is 24.2. The van der Waals surface area contributed by atoms with Crippen molar-refractivity contribution in [3.05, 3.63) is 64.8 Å². The van der Waals surface area contributed by atoms with E-state index < -0.39 is 29.2 Å². The molecule has 0 saturated carbocycles. The Bertz CT molecular complexity index is 1500. The summed E-state index contributed by atoms with van der Waals surface area (Å²) >= 11 is 0. The van der Waals surface area contributed by atoms with E-state index in [4.69, 9.17) is 9.15 Å². The number of carbonyl (C=O) groups excluding carboxylic acids is 3. The second-order valence-corrected chi connectivity index (χ2v) is 12.2. The molecule has 12 heteroatoms. The standard InChI is InChI=1S/C30H33F2N5O5/c1-29(2,3)42-28(40)36-12-10-17(11-13-36)18-7-9-22-21(14-18)26(38)37(27(39)30(22,4)5)16-20-8-6-19(15-33-20)24-34-35-25(41-24)23(31)32/h6-9,14-15,17,23H,10-13,16H2,1-5H3. The van der Waals surface area contributed by atoms with Gasteiger partial charge in [-0.3, -0.25) is 19.5 Å². The minimum atomic E-state index is -2.88. The van der Waals surface area contributed by atoms with E-state index in [9.17, 15) is 23.2 Å². The van der Waals surface area contributed by atoms with Crippen LogP contribution in [0.5, 0.6) is 0 Å². The predicted molar refractivity (Wildman–Crippen MR) is 147 cm³/mol. The average molecular weight is 582 g/mol. The summed E-state index contributed by atoms with van der Waals surface area (Å²) in [6.07, 6.45) is -0.376. The molecule has 5 rings (SSSR count). The van der Waals surface area contributed by atoms with Gasteiger partial charge in [0.2, 0.25) is 11.8 Å². The second kappa shape index (κ2) is 10.9. The van der Waals surface area contributed by atoms with Gasteiger partial charge in [-0.1, -0.05) is 12.1 Å². The SMILES string of the molecule is CC(C)(C)OC(=O)N1CCC(c2ccc3c(c2)C(=O)N(Cc2ccc(-c4nnc(C(F)F)o4)cn2)C(=O)C3(C)C)CC1. The largest absolute Gasteiger partial charge is 0.444 e. The Balaban J connectivity index is 1.32. The summed E-state index contributed by atoms with van der Waals surface area (Å²) in [5, 5.41) is 6.93. The maximum atomic E-state index is 13.7. The van der Waals surface area contributed by atoms with Crippen molar-refractivity contribution in [1.29, 1.82) is 0 Å². The number of hydrogen-bond acceptors (Lipinski definition) is 8. The van der Waals surface area contributed by atoms with Gasteiger partial charge < -0.3 is 14.1 Å². The molecule has 0 atom stereocenters. The Kier molecular flexibility index (Phi) is 7.59. The third-order valence-corrected chi connectivity index (χ3v) is 7.61. The molecule has 10 nitrogen and oxygen atoms in total. The molecular formula is C30H33F2N5O5. The fraction of sp³-hybridized carbons (Fsp3) is 0.467. The maximum Gasteiger partial charge on any atom is 0.410 e. The minimum absolute atomic E-state index is 0.0640. The van der Waals surface area contributed by atoms with Crippen molar-refractivity contribution in [3.63, 3.8) is 0 Å². The first kappa shape index (κ1) is 29.3. The Morgan fingerprint density at radius 1 is 1.12 bits per heavy atom. The number of pyridine rings is 1. The number of rotatable bonds is 5. The number of imide groups is 1. The first-order valence-corrected chi connectivity index (χ1v) is 13.8. The monoisotopic (exact) mass is 581 g/mol. The van der Waals surface area contributed by atoms with Crippen LogP contribution in [0.4, 0.5) is 13.6 Å². The van der Waals surface area contributed by atoms with Gasteiger partial charge in [-0.25, -0.2) is 4.79 Å². The van der Waals surface area contributed by atoms with Crippen LogP contribution in [0, 0.1) is 0 Å². The molecule has 1 fully saturated rings. The third kappa shape index (κ3) is 5.75. The number of alkyl halides is 2. The van der Waals surface area contributed by atoms with Crippen molar-refractivity contribution >= 4 is 17.9 Å². The summed E-state index contributed by atoms with van der Waals surface area (Å²) in [6, 6.07) is 8.86. The summed E-state index contributed by atoms with van der Waals surface area (Å²) in [5.74, 6) is -1.49. The average Bonchev–Trinajstić information content (AvgIpc) is 3.45. The molecule has 1 saturated heterocycles. The van der Waals surface area contributed by atoms with E-state index in [1.165, 1.54) is 11.1 Å². The van der Waals surface area contributed by atoms with Crippen molar-refractivity contribution in [2.45, 2.75) is 77.4 Å². The third-order valence-electron chi connectivity index (χ3n) is 7.61. The molecular weight excluding hydrogens is 548 g/mol. The molecule has 3 aromatic rings. The first-order chi connectivity index (χ1) is 19.7. The molecule has 0 spiro atoms. The van der Waals surface area contributed by atoms with Crippen LogP contribution in [0.1, 0.15) is 92.9 Å². The number of piperidine rings is 1. The Hall–Kier alpha value is -4.22. The summed E-state index contributed by atoms with van der Waals surface area (Å²) < 4.78 is 36.0. The summed E-state index contributed by atoms with van der Waals surface area (Å²) in [5.41, 5.74) is 1.38. The van der Waals surface area contributed by atoms with Gasteiger partial charge in [0.15, 0.2) is 0 Å². The Labute approximate surface area is 242 Å². The van der Waals surface area contributed by atoms with Crippen LogP contribution in [-0.2, 0) is 21.5 Å². The lowest BCUT2D eigenvalue weighted by molar-refractivity contribution is -0.134. The van der Waals surface area contributed by atoms with E-state index in [2.05, 4.69) is 15.2 Å². The second-order valence-electron chi connectivity index (χ2n) is 12.2. The molecule has 222 valence electrons. The fourth-order valence-corrected chi connectivity index (χ4v) is 5.34. The predicted octanol–water partition coefficient (Wildman–Crippen LogP) is 5.64. The van der Waals surface area contributed by atoms with E-state index in [0.717, 1.165) is 18.4 Å². The van der Waals surface area contributed by atoms with Gasteiger partial charge in [0.05, 0.1) is 23.2 Å². The number of nitrogens with zero attached hydrogens (tertiary/aromatic N) is 5. The van der Waals surface area contributed by atoms with Crippen LogP contribution >= 0.6 is 0 Å². The van der Waals surface area contributed by atoms with Gasteiger partial charge in [-0.2, -0.15) is 8.78 Å². The van der Waals surface area contributed by atoms with Gasteiger partial charge >= 0.3 is 12.5 Å². The molecule has 0 radical (unpaired) electrons. The molecule has 42 heavy (non-hydrogen) atoms. The number of aromatic nitrogens is 3. The van der Waals surface area contributed by atoms with E-state index in [0.29, 0.717) is 35.5 Å². The van der Waals surface area contributed by atoms with Gasteiger partial charge in [0.1, 0.15) is 5.60 Å². The smallest absolute Gasteiger partial charge is 0.410 e.